The van der Waals surface area contributed by atoms with Gasteiger partial charge in [0, 0.05) is 66.5 Å². The van der Waals surface area contributed by atoms with Gasteiger partial charge in [-0.1, -0.05) is 12.1 Å². The summed E-state index contributed by atoms with van der Waals surface area (Å²) < 4.78 is 52.1. The number of likely N-dealkylation sites (N-methyl/N-ethyl adjacent to an activating group) is 2. The summed E-state index contributed by atoms with van der Waals surface area (Å²) in [5.41, 5.74) is 7.77. The number of nitrogens with zero attached hydrogens (tertiary/aromatic N) is 2. The van der Waals surface area contributed by atoms with E-state index in [4.69, 9.17) is 42.6 Å². The van der Waals surface area contributed by atoms with Crippen LogP contribution in [0.1, 0.15) is 75.0 Å². The van der Waals surface area contributed by atoms with Crippen LogP contribution in [0, 0.1) is 0 Å². The second kappa shape index (κ2) is 23.5. The Morgan fingerprint density at radius 1 is 0.594 bits per heavy atom. The maximum Gasteiger partial charge on any atom is 0.331 e. The molecule has 0 aliphatic carbocycles. The number of methoxy groups -OCH3 is 7. The third-order valence-corrected chi connectivity index (χ3v) is 14.0. The highest BCUT2D eigenvalue weighted by molar-refractivity contribution is 5.91. The number of aliphatic hydroxyl groups is 3. The molecule has 0 spiro atoms. The molecule has 0 aromatic heterocycles. The number of hydrogen-bond acceptors (Lipinski definition) is 14. The normalized spacial score (nSPS) is 19.5. The lowest BCUT2D eigenvalue weighted by Gasteiger charge is -2.47. The lowest BCUT2D eigenvalue weighted by molar-refractivity contribution is -0.941. The third-order valence-electron chi connectivity index (χ3n) is 14.0. The molecule has 16 nitrogen and oxygen atoms in total. The number of benzene rings is 4. The van der Waals surface area contributed by atoms with Gasteiger partial charge in [-0.15, -0.1) is 0 Å². The SMILES string of the molecule is COc1ccc(CC2c3cc(OC)c(OC)cc3CC[N+]2(C)CCCOC(=O)/C=C\C(=O)OCCC[N+]2(C)CCc3cc(CO)c(CO)c(OC)c3C2c2cc(CO)c(OC)c(OC)c2)cc1OC. The molecule has 2 aliphatic heterocycles. The fraction of sp³-hybridized carbons (Fsp3) is 0.472. The molecule has 4 unspecified atom stereocenters. The molecule has 16 heteroatoms. The third kappa shape index (κ3) is 11.4. The van der Waals surface area contributed by atoms with Gasteiger partial charge in [0.1, 0.15) is 17.8 Å². The maximum absolute atomic E-state index is 12.9. The second-order valence-electron chi connectivity index (χ2n) is 18.0. The Morgan fingerprint density at radius 2 is 1.16 bits per heavy atom. The van der Waals surface area contributed by atoms with Crippen LogP contribution >= 0.6 is 0 Å². The molecule has 0 saturated carbocycles. The summed E-state index contributed by atoms with van der Waals surface area (Å²) in [7, 11) is 15.5. The van der Waals surface area contributed by atoms with Crippen LogP contribution in [0.25, 0.3) is 0 Å². The van der Waals surface area contributed by atoms with E-state index in [1.165, 1.54) is 18.2 Å². The first-order chi connectivity index (χ1) is 33.3. The van der Waals surface area contributed by atoms with Gasteiger partial charge in [-0.2, -0.15) is 0 Å². The fourth-order valence-electron chi connectivity index (χ4n) is 10.4. The number of carbonyl (C=O) groups excluding carboxylic acids is 2. The van der Waals surface area contributed by atoms with Crippen molar-refractivity contribution in [1.29, 1.82) is 0 Å². The predicted molar refractivity (Wildman–Crippen MR) is 257 cm³/mol. The highest BCUT2D eigenvalue weighted by Gasteiger charge is 2.44. The molecule has 0 bridgehead atoms. The summed E-state index contributed by atoms with van der Waals surface area (Å²) in [5.74, 6) is 2.75. The van der Waals surface area contributed by atoms with Crippen molar-refractivity contribution in [3.63, 3.8) is 0 Å². The minimum Gasteiger partial charge on any atom is -0.496 e. The van der Waals surface area contributed by atoms with Crippen molar-refractivity contribution in [3.05, 3.63) is 111 Å². The van der Waals surface area contributed by atoms with E-state index in [0.29, 0.717) is 105 Å². The van der Waals surface area contributed by atoms with Crippen LogP contribution in [0.2, 0.25) is 0 Å². The van der Waals surface area contributed by atoms with Crippen molar-refractivity contribution in [2.24, 2.45) is 0 Å². The van der Waals surface area contributed by atoms with Crippen LogP contribution in [0.5, 0.6) is 40.2 Å². The zero-order chi connectivity index (χ0) is 49.9. The molecule has 69 heavy (non-hydrogen) atoms. The van der Waals surface area contributed by atoms with Crippen molar-refractivity contribution in [2.45, 2.75) is 64.0 Å². The number of rotatable bonds is 23. The summed E-state index contributed by atoms with van der Waals surface area (Å²) >= 11 is 0. The van der Waals surface area contributed by atoms with Gasteiger partial charge in [0.2, 0.25) is 0 Å². The average molecular weight is 959 g/mol. The monoisotopic (exact) mass is 958 g/mol. The molecule has 0 radical (unpaired) electrons. The number of esters is 2. The molecule has 4 aromatic rings. The molecule has 374 valence electrons. The van der Waals surface area contributed by atoms with Gasteiger partial charge in [0.05, 0.1) is 129 Å². The number of hydrogen-bond donors (Lipinski definition) is 3. The first-order valence-corrected chi connectivity index (χ1v) is 23.2. The summed E-state index contributed by atoms with van der Waals surface area (Å²) in [4.78, 5) is 25.8. The lowest BCUT2D eigenvalue weighted by atomic mass is 9.82. The van der Waals surface area contributed by atoms with Gasteiger partial charge in [-0.05, 0) is 58.7 Å². The molecule has 3 N–H and O–H groups in total. The van der Waals surface area contributed by atoms with E-state index in [9.17, 15) is 24.9 Å². The van der Waals surface area contributed by atoms with E-state index in [2.05, 4.69) is 32.3 Å². The van der Waals surface area contributed by atoms with E-state index in [-0.39, 0.29) is 45.1 Å². The Labute approximate surface area is 405 Å². The van der Waals surface area contributed by atoms with Crippen LogP contribution in [0.15, 0.2) is 60.7 Å². The standard InChI is InChI=1S/C53H70N2O14/c1-54(20-16-35-28-45(63-5)46(64-6)30-40(35)42(54)24-34-12-13-43(61-3)44(25-34)62-4)18-10-22-68-48(59)14-15-49(60)69-23-11-19-55(2)21-17-36-26-38(31-56)41(33-58)53(67-9)50(36)51(55)37-27-39(32-57)52(66-8)47(29-37)65-7/h12-15,25-30,42,51,56-58H,10-11,16-24,31-33H2,1-9H3/q+2/b15-14-. The second-order valence-corrected chi connectivity index (χ2v) is 18.0. The highest BCUT2D eigenvalue weighted by Crippen LogP contribution is 2.49. The van der Waals surface area contributed by atoms with Crippen LogP contribution in [-0.4, -0.2) is 139 Å². The van der Waals surface area contributed by atoms with E-state index in [0.717, 1.165) is 53.9 Å². The molecule has 4 aromatic carbocycles. The van der Waals surface area contributed by atoms with Crippen molar-refractivity contribution in [2.75, 3.05) is 103 Å². The summed E-state index contributed by atoms with van der Waals surface area (Å²) in [6.07, 6.45) is 5.46. The quantitative estimate of drug-likeness (QED) is 0.0356. The van der Waals surface area contributed by atoms with Crippen LogP contribution < -0.4 is 33.2 Å². The highest BCUT2D eigenvalue weighted by atomic mass is 16.5. The smallest absolute Gasteiger partial charge is 0.331 e. The van der Waals surface area contributed by atoms with Crippen molar-refractivity contribution < 1.29 is 76.5 Å². The summed E-state index contributed by atoms with van der Waals surface area (Å²) in [6, 6.07) is 15.5. The average Bonchev–Trinajstić information content (AvgIpc) is 3.37. The van der Waals surface area contributed by atoms with E-state index in [1.807, 2.05) is 30.3 Å². The molecule has 6 rings (SSSR count). The van der Waals surface area contributed by atoms with Gasteiger partial charge < -0.3 is 66.9 Å². The summed E-state index contributed by atoms with van der Waals surface area (Å²) in [6.45, 7) is 2.19. The minimum absolute atomic E-state index is 0.0466. The van der Waals surface area contributed by atoms with Gasteiger partial charge in [-0.3, -0.25) is 0 Å². The van der Waals surface area contributed by atoms with Crippen molar-refractivity contribution >= 4 is 11.9 Å². The molecular formula is C53H70N2O14+2. The largest absolute Gasteiger partial charge is 0.496 e. The Hall–Kier alpha value is -6.04. The maximum atomic E-state index is 12.9. The number of ether oxygens (including phenoxy) is 9. The number of carbonyl (C=O) groups is 2. The lowest BCUT2D eigenvalue weighted by Crippen LogP contribution is -2.52. The molecule has 2 heterocycles. The van der Waals surface area contributed by atoms with Crippen LogP contribution in [-0.2, 0) is 58.1 Å². The Balaban J connectivity index is 1.09. The van der Waals surface area contributed by atoms with Gasteiger partial charge in [0.25, 0.3) is 0 Å². The Morgan fingerprint density at radius 3 is 1.74 bits per heavy atom. The minimum atomic E-state index is -0.663. The predicted octanol–water partition coefficient (Wildman–Crippen LogP) is 5.73. The van der Waals surface area contributed by atoms with Gasteiger partial charge in [0.15, 0.2) is 34.5 Å². The Bertz CT molecular complexity index is 2450. The zero-order valence-corrected chi connectivity index (χ0v) is 41.6. The number of quaternary nitrogens is 2. The molecule has 0 saturated heterocycles. The van der Waals surface area contributed by atoms with Crippen molar-refractivity contribution in [3.8, 4) is 40.2 Å². The van der Waals surface area contributed by atoms with E-state index >= 15 is 0 Å². The Kier molecular flexibility index (Phi) is 17.8. The molecule has 0 fully saturated rings. The molecular weight excluding hydrogens is 889 g/mol. The van der Waals surface area contributed by atoms with Crippen molar-refractivity contribution in [1.82, 2.24) is 0 Å². The van der Waals surface area contributed by atoms with Crippen LogP contribution in [0.3, 0.4) is 0 Å². The van der Waals surface area contributed by atoms with E-state index in [1.54, 1.807) is 42.7 Å². The first kappa shape index (κ1) is 52.3. The van der Waals surface area contributed by atoms with Gasteiger partial charge in [-0.25, -0.2) is 9.59 Å². The summed E-state index contributed by atoms with van der Waals surface area (Å²) in [5, 5.41) is 31.1. The first-order valence-electron chi connectivity index (χ1n) is 23.2. The molecule has 4 atom stereocenters. The molecule has 2 aliphatic rings. The fourth-order valence-corrected chi connectivity index (χ4v) is 10.4. The topological polar surface area (TPSA) is 178 Å². The number of aliphatic hydroxyl groups excluding tert-OH is 3. The van der Waals surface area contributed by atoms with E-state index < -0.39 is 11.9 Å². The molecule has 0 amide bonds. The number of fused-ring (bicyclic) bond motifs is 2. The van der Waals surface area contributed by atoms with Gasteiger partial charge >= 0.3 is 11.9 Å². The van der Waals surface area contributed by atoms with Crippen LogP contribution in [0.4, 0.5) is 0 Å². The zero-order valence-electron chi connectivity index (χ0n) is 41.6.